The van der Waals surface area contributed by atoms with Crippen LogP contribution in [0.15, 0.2) is 24.5 Å². The maximum absolute atomic E-state index is 12.9. The fourth-order valence-corrected chi connectivity index (χ4v) is 4.94. The van der Waals surface area contributed by atoms with Gasteiger partial charge in [-0.1, -0.05) is 0 Å². The van der Waals surface area contributed by atoms with Gasteiger partial charge in [-0.05, 0) is 45.1 Å². The van der Waals surface area contributed by atoms with Crippen molar-refractivity contribution in [1.29, 1.82) is 0 Å². The highest BCUT2D eigenvalue weighted by molar-refractivity contribution is 5.93. The molecule has 3 aromatic heterocycles. The lowest BCUT2D eigenvalue weighted by Gasteiger charge is -2.26. The first-order valence-electron chi connectivity index (χ1n) is 12.6. The van der Waals surface area contributed by atoms with E-state index in [4.69, 9.17) is 4.74 Å². The maximum atomic E-state index is 12.9. The Morgan fingerprint density at radius 2 is 2.06 bits per heavy atom. The molecule has 0 radical (unpaired) electrons. The van der Waals surface area contributed by atoms with Gasteiger partial charge in [0.15, 0.2) is 5.82 Å². The van der Waals surface area contributed by atoms with Crippen LogP contribution < -0.4 is 16.0 Å². The Labute approximate surface area is 208 Å². The van der Waals surface area contributed by atoms with E-state index >= 15 is 0 Å². The quantitative estimate of drug-likeness (QED) is 0.409. The number of rotatable bonds is 6. The maximum Gasteiger partial charge on any atom is 0.407 e. The van der Waals surface area contributed by atoms with Crippen molar-refractivity contribution >= 4 is 29.4 Å². The molecule has 0 bridgehead atoms. The third-order valence-corrected chi connectivity index (χ3v) is 7.34. The Hall–Kier alpha value is -3.67. The van der Waals surface area contributed by atoms with E-state index in [1.165, 1.54) is 0 Å². The first-order valence-corrected chi connectivity index (χ1v) is 12.6. The summed E-state index contributed by atoms with van der Waals surface area (Å²) in [5.41, 5.74) is 1.94. The van der Waals surface area contributed by atoms with E-state index in [1.54, 1.807) is 22.9 Å². The fraction of sp³-hybridized carbons (Fsp3) is 0.542. The summed E-state index contributed by atoms with van der Waals surface area (Å²) in [7, 11) is 0. The van der Waals surface area contributed by atoms with Gasteiger partial charge in [0, 0.05) is 61.8 Å². The Kier molecular flexibility index (Phi) is 5.75. The van der Waals surface area contributed by atoms with Gasteiger partial charge in [-0.25, -0.2) is 14.8 Å². The number of anilines is 2. The van der Waals surface area contributed by atoms with Crippen molar-refractivity contribution in [3.63, 3.8) is 0 Å². The van der Waals surface area contributed by atoms with Gasteiger partial charge in [-0.3, -0.25) is 14.3 Å². The zero-order valence-corrected chi connectivity index (χ0v) is 20.3. The number of aromatic nitrogens is 5. The van der Waals surface area contributed by atoms with Gasteiger partial charge < -0.3 is 25.6 Å². The number of nitrogens with one attached hydrogen (secondary N) is 4. The number of nitrogens with zero attached hydrogens (tertiary/aromatic N) is 5. The molecule has 2 saturated carbocycles. The van der Waals surface area contributed by atoms with Crippen LogP contribution in [0.2, 0.25) is 0 Å². The third-order valence-electron chi connectivity index (χ3n) is 7.34. The molecule has 4 N–H and O–H groups in total. The highest BCUT2D eigenvalue weighted by Gasteiger charge is 2.40. The summed E-state index contributed by atoms with van der Waals surface area (Å²) in [6, 6.07) is 3.73. The zero-order chi connectivity index (χ0) is 24.7. The lowest BCUT2D eigenvalue weighted by Crippen LogP contribution is -2.46. The van der Waals surface area contributed by atoms with Crippen LogP contribution in [0.3, 0.4) is 0 Å². The number of piperazine rings is 1. The number of hydrogen-bond acceptors (Lipinski definition) is 8. The summed E-state index contributed by atoms with van der Waals surface area (Å²) in [4.78, 5) is 35.8. The Morgan fingerprint density at radius 1 is 1.22 bits per heavy atom. The van der Waals surface area contributed by atoms with Gasteiger partial charge in [0.05, 0.1) is 0 Å². The van der Waals surface area contributed by atoms with Crippen molar-refractivity contribution in [3.8, 4) is 0 Å². The number of carbonyl (C=O) groups excluding carboxylic acids is 2. The molecule has 0 aromatic carbocycles. The summed E-state index contributed by atoms with van der Waals surface area (Å²) in [6.45, 7) is 4.95. The van der Waals surface area contributed by atoms with E-state index in [2.05, 4.69) is 36.1 Å². The van der Waals surface area contributed by atoms with E-state index in [9.17, 15) is 9.59 Å². The van der Waals surface area contributed by atoms with Crippen LogP contribution in [-0.2, 0) is 4.74 Å². The average molecular weight is 494 g/mol. The second-order valence-electron chi connectivity index (χ2n) is 10.2. The molecule has 12 heteroatoms. The first-order chi connectivity index (χ1) is 17.5. The molecule has 2 unspecified atom stereocenters. The molecular formula is C24H31N9O3. The highest BCUT2D eigenvalue weighted by Crippen LogP contribution is 2.37. The van der Waals surface area contributed by atoms with Gasteiger partial charge in [0.25, 0.3) is 5.91 Å². The monoisotopic (exact) mass is 493 g/mol. The van der Waals surface area contributed by atoms with Crippen LogP contribution in [0.5, 0.6) is 0 Å². The van der Waals surface area contributed by atoms with Crippen molar-refractivity contribution in [3.05, 3.63) is 35.9 Å². The van der Waals surface area contributed by atoms with Gasteiger partial charge >= 0.3 is 6.09 Å². The molecular weight excluding hydrogens is 462 g/mol. The van der Waals surface area contributed by atoms with Crippen LogP contribution >= 0.6 is 0 Å². The van der Waals surface area contributed by atoms with Crippen molar-refractivity contribution in [2.75, 3.05) is 31.5 Å². The number of aromatic amines is 1. The van der Waals surface area contributed by atoms with Crippen molar-refractivity contribution < 1.29 is 14.3 Å². The molecule has 2 amide bonds. The molecule has 3 fully saturated rings. The number of carbonyl (C=O) groups is 2. The van der Waals surface area contributed by atoms with Gasteiger partial charge in [0.1, 0.15) is 17.4 Å². The van der Waals surface area contributed by atoms with Gasteiger partial charge in [-0.15, -0.1) is 0 Å². The third kappa shape index (κ3) is 4.72. The van der Waals surface area contributed by atoms with Crippen molar-refractivity contribution in [2.45, 2.75) is 56.6 Å². The summed E-state index contributed by atoms with van der Waals surface area (Å²) in [5.74, 6) is 1.31. The number of fused-ring (bicyclic) bond motifs is 1. The second-order valence-corrected chi connectivity index (χ2v) is 10.2. The molecule has 190 valence electrons. The standard InChI is InChI=1S/C24H31N9O3/c1-24(5-6-24)29-23(35)36-16-3-2-15(12-16)17-13-19(31-30-17)28-22-26-7-4-20-27-18(14-33(20)22)21(34)32-10-8-25-9-11-32/h4,7,13-16,25H,2-3,5-6,8-12H2,1H3,(H,29,35)(H2,26,28,30,31). The van der Waals surface area contributed by atoms with Crippen LogP contribution in [-0.4, -0.2) is 79.3 Å². The smallest absolute Gasteiger partial charge is 0.407 e. The lowest BCUT2D eigenvalue weighted by atomic mass is 10.0. The molecule has 36 heavy (non-hydrogen) atoms. The Morgan fingerprint density at radius 3 is 2.86 bits per heavy atom. The minimum Gasteiger partial charge on any atom is -0.446 e. The number of imidazole rings is 1. The van der Waals surface area contributed by atoms with Crippen LogP contribution in [0.25, 0.3) is 5.65 Å². The van der Waals surface area contributed by atoms with Crippen molar-refractivity contribution in [2.24, 2.45) is 0 Å². The van der Waals surface area contributed by atoms with Crippen molar-refractivity contribution in [1.82, 2.24) is 40.1 Å². The minimum atomic E-state index is -0.318. The molecule has 1 aliphatic heterocycles. The predicted octanol–water partition coefficient (Wildman–Crippen LogP) is 2.16. The highest BCUT2D eigenvalue weighted by atomic mass is 16.6. The molecule has 12 nitrogen and oxygen atoms in total. The SMILES string of the molecule is CC1(NC(=O)OC2CCC(c3cc(Nc4nccc5nc(C(=O)N6CCNCC6)cn45)n[nH]3)C2)CC1. The molecule has 2 atom stereocenters. The summed E-state index contributed by atoms with van der Waals surface area (Å²) in [6.07, 6.45) is 7.49. The molecule has 3 aromatic rings. The topological polar surface area (TPSA) is 142 Å². The summed E-state index contributed by atoms with van der Waals surface area (Å²) < 4.78 is 7.41. The lowest BCUT2D eigenvalue weighted by molar-refractivity contribution is 0.0730. The summed E-state index contributed by atoms with van der Waals surface area (Å²) in [5, 5.41) is 17.0. The van der Waals surface area contributed by atoms with Gasteiger partial charge in [-0.2, -0.15) is 5.10 Å². The van der Waals surface area contributed by atoms with E-state index in [0.717, 1.165) is 50.9 Å². The van der Waals surface area contributed by atoms with E-state index in [1.807, 2.05) is 17.9 Å². The zero-order valence-electron chi connectivity index (χ0n) is 20.3. The number of hydrogen-bond donors (Lipinski definition) is 4. The van der Waals surface area contributed by atoms with Gasteiger partial charge in [0.2, 0.25) is 5.95 Å². The largest absolute Gasteiger partial charge is 0.446 e. The molecule has 3 aliphatic rings. The molecule has 0 spiro atoms. The predicted molar refractivity (Wildman–Crippen MR) is 131 cm³/mol. The van der Waals surface area contributed by atoms with E-state index in [-0.39, 0.29) is 29.6 Å². The van der Waals surface area contributed by atoms with Crippen LogP contribution in [0.1, 0.15) is 61.1 Å². The average Bonchev–Trinajstić information content (AvgIpc) is 3.29. The first kappa shape index (κ1) is 22.8. The molecule has 2 aliphatic carbocycles. The number of H-pyrrole nitrogens is 1. The molecule has 1 saturated heterocycles. The van der Waals surface area contributed by atoms with Crippen LogP contribution in [0, 0.1) is 0 Å². The number of alkyl carbamates (subject to hydrolysis) is 1. The van der Waals surface area contributed by atoms with Crippen LogP contribution in [0.4, 0.5) is 16.6 Å². The molecule has 4 heterocycles. The summed E-state index contributed by atoms with van der Waals surface area (Å²) >= 11 is 0. The molecule has 6 rings (SSSR count). The Balaban J connectivity index is 1.10. The Bertz CT molecular complexity index is 1270. The second kappa shape index (κ2) is 9.08. The van der Waals surface area contributed by atoms with E-state index in [0.29, 0.717) is 36.2 Å². The minimum absolute atomic E-state index is 0.0777. The fourth-order valence-electron chi connectivity index (χ4n) is 4.94. The van der Waals surface area contributed by atoms with E-state index < -0.39 is 0 Å². The number of amides is 2. The normalized spacial score (nSPS) is 23.0. The number of ether oxygens (including phenoxy) is 1.